The van der Waals surface area contributed by atoms with E-state index in [1.807, 2.05) is 11.0 Å². The van der Waals surface area contributed by atoms with Crippen molar-refractivity contribution in [2.75, 3.05) is 22.1 Å². The summed E-state index contributed by atoms with van der Waals surface area (Å²) in [6.07, 6.45) is 1.45. The fourth-order valence-electron chi connectivity index (χ4n) is 3.94. The van der Waals surface area contributed by atoms with Gasteiger partial charge in [0.2, 0.25) is 5.91 Å². The zero-order valence-electron chi connectivity index (χ0n) is 17.9. The summed E-state index contributed by atoms with van der Waals surface area (Å²) in [5, 5.41) is 5.39. The lowest BCUT2D eigenvalue weighted by Crippen LogP contribution is -2.45. The molecule has 1 heterocycles. The van der Waals surface area contributed by atoms with Crippen LogP contribution in [0.25, 0.3) is 0 Å². The minimum absolute atomic E-state index is 0.0919. The van der Waals surface area contributed by atoms with Crippen LogP contribution >= 0.6 is 0 Å². The normalized spacial score (nSPS) is 13.8. The van der Waals surface area contributed by atoms with Gasteiger partial charge >= 0.3 is 0 Å². The van der Waals surface area contributed by atoms with Crippen molar-refractivity contribution in [1.29, 1.82) is 0 Å². The third kappa shape index (κ3) is 4.84. The minimum Gasteiger partial charge on any atom is -0.359 e. The zero-order valence-corrected chi connectivity index (χ0v) is 17.9. The van der Waals surface area contributed by atoms with Gasteiger partial charge < -0.3 is 15.5 Å². The van der Waals surface area contributed by atoms with Crippen LogP contribution in [-0.2, 0) is 11.2 Å². The monoisotopic (exact) mass is 453 g/mol. The van der Waals surface area contributed by atoms with Crippen LogP contribution in [0.4, 0.5) is 30.2 Å². The average Bonchev–Trinajstić information content (AvgIpc) is 2.80. The Bertz CT molecular complexity index is 1200. The molecule has 0 aliphatic carbocycles. The first-order valence-corrected chi connectivity index (χ1v) is 10.5. The molecular formula is C25H22F3N3O2. The molecule has 0 fully saturated rings. The van der Waals surface area contributed by atoms with Crippen molar-refractivity contribution >= 4 is 28.9 Å². The highest BCUT2D eigenvalue weighted by Crippen LogP contribution is 2.34. The fourth-order valence-corrected chi connectivity index (χ4v) is 3.94. The Hall–Kier alpha value is -3.81. The van der Waals surface area contributed by atoms with Crippen LogP contribution in [0.5, 0.6) is 0 Å². The lowest BCUT2D eigenvalue weighted by atomic mass is 9.97. The third-order valence-corrected chi connectivity index (χ3v) is 5.68. The molecule has 5 nitrogen and oxygen atoms in total. The first-order chi connectivity index (χ1) is 15.8. The lowest BCUT2D eigenvalue weighted by molar-refractivity contribution is -0.117. The Morgan fingerprint density at radius 2 is 1.64 bits per heavy atom. The largest absolute Gasteiger partial charge is 0.359 e. The molecule has 0 aromatic heterocycles. The molecule has 8 heteroatoms. The van der Waals surface area contributed by atoms with Gasteiger partial charge in [-0.25, -0.2) is 13.2 Å². The fraction of sp³-hybridized carbons (Fsp3) is 0.200. The summed E-state index contributed by atoms with van der Waals surface area (Å²) in [5.41, 5.74) is 2.53. The number of anilines is 3. The molecule has 1 unspecified atom stereocenters. The number of halogens is 3. The molecule has 1 atom stereocenters. The minimum atomic E-state index is -0.847. The highest BCUT2D eigenvalue weighted by molar-refractivity contribution is 6.05. The van der Waals surface area contributed by atoms with E-state index in [1.54, 1.807) is 19.1 Å². The molecule has 4 rings (SSSR count). The van der Waals surface area contributed by atoms with E-state index in [2.05, 4.69) is 10.6 Å². The molecule has 3 aromatic carbocycles. The maximum Gasteiger partial charge on any atom is 0.255 e. The summed E-state index contributed by atoms with van der Waals surface area (Å²) in [6, 6.07) is 13.0. The molecule has 2 N–H and O–H groups in total. The quantitative estimate of drug-likeness (QED) is 0.563. The number of nitrogens with one attached hydrogen (secondary N) is 2. The molecule has 0 radical (unpaired) electrons. The second-order valence-electron chi connectivity index (χ2n) is 7.85. The van der Waals surface area contributed by atoms with Gasteiger partial charge in [-0.15, -0.1) is 0 Å². The summed E-state index contributed by atoms with van der Waals surface area (Å²) in [6.45, 7) is 2.30. The molecular weight excluding hydrogens is 431 g/mol. The first kappa shape index (κ1) is 22.4. The number of hydrogen-bond acceptors (Lipinski definition) is 3. The van der Waals surface area contributed by atoms with E-state index in [-0.39, 0.29) is 11.6 Å². The Balaban J connectivity index is 1.54. The van der Waals surface area contributed by atoms with Gasteiger partial charge in [-0.1, -0.05) is 6.07 Å². The Morgan fingerprint density at radius 3 is 2.36 bits per heavy atom. The van der Waals surface area contributed by atoms with Crippen LogP contribution in [0.15, 0.2) is 60.7 Å². The number of nitrogens with zero attached hydrogens (tertiary/aromatic N) is 1. The number of rotatable bonds is 5. The number of amides is 2. The van der Waals surface area contributed by atoms with Crippen molar-refractivity contribution in [2.24, 2.45) is 0 Å². The van der Waals surface area contributed by atoms with Crippen LogP contribution < -0.4 is 15.5 Å². The van der Waals surface area contributed by atoms with Gasteiger partial charge in [-0.3, -0.25) is 9.59 Å². The number of carbonyl (C=O) groups is 2. The van der Waals surface area contributed by atoms with Gasteiger partial charge in [-0.05, 0) is 73.9 Å². The van der Waals surface area contributed by atoms with E-state index in [1.165, 1.54) is 30.3 Å². The summed E-state index contributed by atoms with van der Waals surface area (Å²) < 4.78 is 40.3. The second kappa shape index (κ2) is 9.36. The first-order valence-electron chi connectivity index (χ1n) is 10.5. The van der Waals surface area contributed by atoms with Crippen LogP contribution in [0.2, 0.25) is 0 Å². The SMILES string of the molecule is CC(C(=O)Nc1ccc(F)cc1F)N1CCCc2c(NC(=O)c3ccc(F)cc3)cccc21. The van der Waals surface area contributed by atoms with Crippen molar-refractivity contribution in [3.05, 3.63) is 89.2 Å². The summed E-state index contributed by atoms with van der Waals surface area (Å²) in [7, 11) is 0. The maximum absolute atomic E-state index is 14.0. The molecule has 0 saturated carbocycles. The molecule has 0 saturated heterocycles. The summed E-state index contributed by atoms with van der Waals surface area (Å²) in [5.74, 6) is -2.79. The van der Waals surface area contributed by atoms with E-state index >= 15 is 0 Å². The molecule has 0 bridgehead atoms. The molecule has 33 heavy (non-hydrogen) atoms. The molecule has 170 valence electrons. The highest BCUT2D eigenvalue weighted by Gasteiger charge is 2.28. The number of carbonyl (C=O) groups excluding carboxylic acids is 2. The van der Waals surface area contributed by atoms with E-state index in [0.717, 1.165) is 23.7 Å². The number of benzene rings is 3. The van der Waals surface area contributed by atoms with Gasteiger partial charge in [0.05, 0.1) is 5.69 Å². The van der Waals surface area contributed by atoms with Crippen LogP contribution in [0.3, 0.4) is 0 Å². The van der Waals surface area contributed by atoms with Crippen molar-refractivity contribution < 1.29 is 22.8 Å². The predicted molar refractivity (Wildman–Crippen MR) is 121 cm³/mol. The van der Waals surface area contributed by atoms with Crippen LogP contribution in [-0.4, -0.2) is 24.4 Å². The highest BCUT2D eigenvalue weighted by atomic mass is 19.1. The standard InChI is InChI=1S/C25H22F3N3O2/c1-15(24(32)30-22-12-11-18(27)14-20(22)28)31-13-3-4-19-21(5-2-6-23(19)31)29-25(33)16-7-9-17(26)10-8-16/h2,5-12,14-15H,3-4,13H2,1H3,(H,29,33)(H,30,32). The van der Waals surface area contributed by atoms with Crippen LogP contribution in [0.1, 0.15) is 29.3 Å². The Kier molecular flexibility index (Phi) is 6.35. The topological polar surface area (TPSA) is 61.4 Å². The van der Waals surface area contributed by atoms with Gasteiger partial charge in [0, 0.05) is 29.5 Å². The van der Waals surface area contributed by atoms with Crippen molar-refractivity contribution in [1.82, 2.24) is 0 Å². The van der Waals surface area contributed by atoms with Crippen molar-refractivity contribution in [3.8, 4) is 0 Å². The molecule has 1 aliphatic rings. The van der Waals surface area contributed by atoms with Crippen molar-refractivity contribution in [3.63, 3.8) is 0 Å². The summed E-state index contributed by atoms with van der Waals surface area (Å²) in [4.78, 5) is 27.3. The summed E-state index contributed by atoms with van der Waals surface area (Å²) >= 11 is 0. The van der Waals surface area contributed by atoms with Gasteiger partial charge in [0.1, 0.15) is 23.5 Å². The second-order valence-corrected chi connectivity index (χ2v) is 7.85. The average molecular weight is 453 g/mol. The Labute approximate surface area is 189 Å². The smallest absolute Gasteiger partial charge is 0.255 e. The number of hydrogen-bond donors (Lipinski definition) is 2. The molecule has 2 amide bonds. The van der Waals surface area contributed by atoms with Gasteiger partial charge in [0.25, 0.3) is 5.91 Å². The lowest BCUT2D eigenvalue weighted by Gasteiger charge is -2.36. The maximum atomic E-state index is 14.0. The number of fused-ring (bicyclic) bond motifs is 1. The molecule has 0 spiro atoms. The van der Waals surface area contributed by atoms with E-state index < -0.39 is 29.4 Å². The third-order valence-electron chi connectivity index (χ3n) is 5.68. The van der Waals surface area contributed by atoms with Crippen LogP contribution in [0, 0.1) is 17.5 Å². The van der Waals surface area contributed by atoms with Gasteiger partial charge in [-0.2, -0.15) is 0 Å². The van der Waals surface area contributed by atoms with Crippen molar-refractivity contribution in [2.45, 2.75) is 25.8 Å². The van der Waals surface area contributed by atoms with E-state index in [9.17, 15) is 22.8 Å². The van der Waals surface area contributed by atoms with E-state index in [0.29, 0.717) is 30.3 Å². The van der Waals surface area contributed by atoms with Gasteiger partial charge in [0.15, 0.2) is 0 Å². The predicted octanol–water partition coefficient (Wildman–Crippen LogP) is 5.14. The zero-order chi connectivity index (χ0) is 23.5. The molecule has 1 aliphatic heterocycles. The molecule has 3 aromatic rings. The van der Waals surface area contributed by atoms with E-state index in [4.69, 9.17) is 0 Å². The Morgan fingerprint density at radius 1 is 0.909 bits per heavy atom.